The number of primary sulfonamides is 1. The van der Waals surface area contributed by atoms with Crippen LogP contribution in [-0.4, -0.2) is 43.4 Å². The molecule has 0 aliphatic rings. The number of aromatic nitrogens is 2. The lowest BCUT2D eigenvalue weighted by Crippen LogP contribution is -2.24. The number of nitrogens with two attached hydrogens (primary N) is 1. The Morgan fingerprint density at radius 2 is 2.11 bits per heavy atom. The van der Waals surface area contributed by atoms with Gasteiger partial charge in [-0.2, -0.15) is 0 Å². The Kier molecular flexibility index (Phi) is 5.64. The predicted molar refractivity (Wildman–Crippen MR) is 71.1 cm³/mol. The predicted octanol–water partition coefficient (Wildman–Crippen LogP) is -0.683. The van der Waals surface area contributed by atoms with E-state index >= 15 is 0 Å². The second kappa shape index (κ2) is 7.00. The summed E-state index contributed by atoms with van der Waals surface area (Å²) in [5, 5.41) is 17.9. The van der Waals surface area contributed by atoms with Crippen molar-refractivity contribution in [1.82, 2.24) is 15.5 Å². The number of nitrogens with one attached hydrogen (secondary N) is 2. The maximum atomic E-state index is 11.4. The molecule has 0 aliphatic carbocycles. The highest BCUT2D eigenvalue weighted by molar-refractivity contribution is 7.89. The van der Waals surface area contributed by atoms with Gasteiger partial charge in [0.25, 0.3) is 5.91 Å². The van der Waals surface area contributed by atoms with Crippen LogP contribution >= 0.6 is 0 Å². The molecule has 1 aromatic heterocycles. The zero-order valence-corrected chi connectivity index (χ0v) is 11.4. The van der Waals surface area contributed by atoms with Gasteiger partial charge in [-0.25, -0.2) is 13.6 Å². The Hall–Kier alpha value is -1.74. The van der Waals surface area contributed by atoms with E-state index in [9.17, 15) is 13.2 Å². The summed E-state index contributed by atoms with van der Waals surface area (Å²) in [5.74, 6) is 0.1000. The number of hydrogen-bond donors (Lipinski definition) is 3. The van der Waals surface area contributed by atoms with Crippen LogP contribution in [0.4, 0.5) is 5.82 Å². The molecule has 1 heterocycles. The Balaban J connectivity index is 2.42. The van der Waals surface area contributed by atoms with Crippen LogP contribution in [0.3, 0.4) is 0 Å². The first-order valence-electron chi connectivity index (χ1n) is 5.78. The highest BCUT2D eigenvalue weighted by Crippen LogP contribution is 2.02. The van der Waals surface area contributed by atoms with Crippen molar-refractivity contribution in [3.63, 3.8) is 0 Å². The molecule has 1 rings (SSSR count). The van der Waals surface area contributed by atoms with E-state index in [1.165, 1.54) is 0 Å². The van der Waals surface area contributed by atoms with Gasteiger partial charge in [0.05, 0.1) is 5.75 Å². The fraction of sp³-hybridized carbons (Fsp3) is 0.500. The van der Waals surface area contributed by atoms with Crippen LogP contribution in [0, 0.1) is 0 Å². The van der Waals surface area contributed by atoms with E-state index in [2.05, 4.69) is 20.8 Å². The minimum absolute atomic E-state index is 0.0928. The van der Waals surface area contributed by atoms with Crippen LogP contribution in [0.1, 0.15) is 23.8 Å². The van der Waals surface area contributed by atoms with Crippen LogP contribution in [0.15, 0.2) is 12.1 Å². The number of nitrogens with zero attached hydrogens (tertiary/aromatic N) is 2. The van der Waals surface area contributed by atoms with Gasteiger partial charge in [0.2, 0.25) is 10.0 Å². The lowest BCUT2D eigenvalue weighted by Gasteiger charge is -2.05. The summed E-state index contributed by atoms with van der Waals surface area (Å²) in [6.07, 6.45) is 0.374. The Morgan fingerprint density at radius 3 is 2.63 bits per heavy atom. The number of carbonyl (C=O) groups is 1. The van der Waals surface area contributed by atoms with Crippen molar-refractivity contribution in [3.8, 4) is 0 Å². The van der Waals surface area contributed by atoms with Crippen LogP contribution in [-0.2, 0) is 10.0 Å². The van der Waals surface area contributed by atoms with Crippen molar-refractivity contribution < 1.29 is 13.2 Å². The van der Waals surface area contributed by atoms with Crippen LogP contribution in [0.25, 0.3) is 0 Å². The van der Waals surface area contributed by atoms with Gasteiger partial charge in [-0.3, -0.25) is 4.79 Å². The summed E-state index contributed by atoms with van der Waals surface area (Å²) < 4.78 is 21.4. The van der Waals surface area contributed by atoms with E-state index < -0.39 is 10.0 Å². The molecule has 0 saturated carbocycles. The maximum Gasteiger partial charge on any atom is 0.271 e. The van der Waals surface area contributed by atoms with E-state index in [1.54, 1.807) is 12.1 Å². The topological polar surface area (TPSA) is 127 Å². The highest BCUT2D eigenvalue weighted by atomic mass is 32.2. The SMILES string of the molecule is CCNC(=O)c1ccc(NCCCS(N)(=O)=O)nn1. The number of sulfonamides is 1. The molecular weight excluding hydrogens is 270 g/mol. The quantitative estimate of drug-likeness (QED) is 0.570. The summed E-state index contributed by atoms with van der Waals surface area (Å²) in [5.41, 5.74) is 0.233. The van der Waals surface area contributed by atoms with Gasteiger partial charge < -0.3 is 10.6 Å². The van der Waals surface area contributed by atoms with Crippen molar-refractivity contribution in [3.05, 3.63) is 17.8 Å². The third-order valence-electron chi connectivity index (χ3n) is 2.15. The minimum Gasteiger partial charge on any atom is -0.369 e. The second-order valence-electron chi connectivity index (χ2n) is 3.81. The van der Waals surface area contributed by atoms with E-state index in [-0.39, 0.29) is 17.4 Å². The van der Waals surface area contributed by atoms with Crippen molar-refractivity contribution in [1.29, 1.82) is 0 Å². The Labute approximate surface area is 111 Å². The smallest absolute Gasteiger partial charge is 0.271 e. The molecule has 8 nitrogen and oxygen atoms in total. The third kappa shape index (κ3) is 6.11. The van der Waals surface area contributed by atoms with Gasteiger partial charge in [0, 0.05) is 13.1 Å². The molecule has 0 saturated heterocycles. The molecular formula is C10H17N5O3S. The molecule has 1 amide bonds. The first-order chi connectivity index (χ1) is 8.92. The summed E-state index contributed by atoms with van der Waals surface area (Å²) >= 11 is 0. The summed E-state index contributed by atoms with van der Waals surface area (Å²) in [6, 6.07) is 3.15. The molecule has 0 aromatic carbocycles. The highest BCUT2D eigenvalue weighted by Gasteiger charge is 2.06. The average molecular weight is 287 g/mol. The van der Waals surface area contributed by atoms with E-state index in [0.29, 0.717) is 25.3 Å². The molecule has 0 bridgehead atoms. The summed E-state index contributed by atoms with van der Waals surface area (Å²) in [6.45, 7) is 2.74. The van der Waals surface area contributed by atoms with E-state index in [0.717, 1.165) is 0 Å². The van der Waals surface area contributed by atoms with Crippen molar-refractivity contribution in [2.75, 3.05) is 24.2 Å². The van der Waals surface area contributed by atoms with Gasteiger partial charge >= 0.3 is 0 Å². The van der Waals surface area contributed by atoms with Gasteiger partial charge in [0.15, 0.2) is 5.69 Å². The normalized spacial score (nSPS) is 11.1. The first kappa shape index (κ1) is 15.3. The molecule has 9 heteroatoms. The standard InChI is InChI=1S/C10H17N5O3S/c1-2-12-10(16)8-4-5-9(15-14-8)13-6-3-7-19(11,17)18/h4-5H,2-3,6-7H2,1H3,(H,12,16)(H,13,15)(H2,11,17,18). The second-order valence-corrected chi connectivity index (χ2v) is 5.54. The first-order valence-corrected chi connectivity index (χ1v) is 7.50. The number of hydrogen-bond acceptors (Lipinski definition) is 6. The summed E-state index contributed by atoms with van der Waals surface area (Å²) in [7, 11) is -3.43. The lowest BCUT2D eigenvalue weighted by atomic mass is 10.3. The largest absolute Gasteiger partial charge is 0.369 e. The summed E-state index contributed by atoms with van der Waals surface area (Å²) in [4.78, 5) is 11.4. The molecule has 0 unspecified atom stereocenters. The number of amides is 1. The van der Waals surface area contributed by atoms with Crippen LogP contribution in [0.5, 0.6) is 0 Å². The zero-order chi connectivity index (χ0) is 14.3. The van der Waals surface area contributed by atoms with Gasteiger partial charge in [-0.15, -0.1) is 10.2 Å². The van der Waals surface area contributed by atoms with Crippen molar-refractivity contribution in [2.24, 2.45) is 5.14 Å². The lowest BCUT2D eigenvalue weighted by molar-refractivity contribution is 0.0950. The van der Waals surface area contributed by atoms with E-state index in [1.807, 2.05) is 6.92 Å². The molecule has 0 spiro atoms. The molecule has 0 aliphatic heterocycles. The zero-order valence-electron chi connectivity index (χ0n) is 10.6. The molecule has 1 aromatic rings. The van der Waals surface area contributed by atoms with Crippen molar-refractivity contribution >= 4 is 21.7 Å². The van der Waals surface area contributed by atoms with Crippen molar-refractivity contribution in [2.45, 2.75) is 13.3 Å². The van der Waals surface area contributed by atoms with Crippen LogP contribution in [0.2, 0.25) is 0 Å². The molecule has 0 atom stereocenters. The van der Waals surface area contributed by atoms with Crippen LogP contribution < -0.4 is 15.8 Å². The Morgan fingerprint density at radius 1 is 1.37 bits per heavy atom. The average Bonchev–Trinajstić information content (AvgIpc) is 2.34. The van der Waals surface area contributed by atoms with Gasteiger partial charge in [-0.05, 0) is 25.5 Å². The molecule has 19 heavy (non-hydrogen) atoms. The Bertz CT molecular complexity index is 514. The molecule has 0 radical (unpaired) electrons. The van der Waals surface area contributed by atoms with E-state index in [4.69, 9.17) is 5.14 Å². The maximum absolute atomic E-state index is 11.4. The monoisotopic (exact) mass is 287 g/mol. The number of carbonyl (C=O) groups excluding carboxylic acids is 1. The number of rotatable bonds is 7. The minimum atomic E-state index is -3.43. The molecule has 0 fully saturated rings. The molecule has 106 valence electrons. The fourth-order valence-corrected chi connectivity index (χ4v) is 1.84. The van der Waals surface area contributed by atoms with Gasteiger partial charge in [0.1, 0.15) is 5.82 Å². The third-order valence-corrected chi connectivity index (χ3v) is 3.00. The fourth-order valence-electron chi connectivity index (χ4n) is 1.29. The van der Waals surface area contributed by atoms with Gasteiger partial charge in [-0.1, -0.05) is 0 Å². The molecule has 4 N–H and O–H groups in total. The number of anilines is 1.